The molecule has 1 unspecified atom stereocenters. The summed E-state index contributed by atoms with van der Waals surface area (Å²) in [4.78, 5) is 40.9. The lowest BCUT2D eigenvalue weighted by Crippen LogP contribution is -2.45. The zero-order valence-electron chi connectivity index (χ0n) is 18.3. The van der Waals surface area contributed by atoms with Gasteiger partial charge in [-0.2, -0.15) is 0 Å². The fourth-order valence-electron chi connectivity index (χ4n) is 3.57. The first-order valence-electron chi connectivity index (χ1n) is 10.5. The summed E-state index contributed by atoms with van der Waals surface area (Å²) in [7, 11) is 1.38. The molecular weight excluding hydrogens is 433 g/mol. The molecule has 0 radical (unpaired) electrons. The zero-order chi connectivity index (χ0) is 23.4. The van der Waals surface area contributed by atoms with Crippen LogP contribution in [0.15, 0.2) is 29.4 Å². The molecule has 0 bridgehead atoms. The lowest BCUT2D eigenvalue weighted by Gasteiger charge is -2.28. The quantitative estimate of drug-likeness (QED) is 0.693. The largest absolute Gasteiger partial charge is 0.494 e. The summed E-state index contributed by atoms with van der Waals surface area (Å²) in [5.74, 6) is -0.566. The Bertz CT molecular complexity index is 1090. The van der Waals surface area contributed by atoms with E-state index < -0.39 is 17.8 Å². The molecule has 1 fully saturated rings. The predicted molar refractivity (Wildman–Crippen MR) is 114 cm³/mol. The van der Waals surface area contributed by atoms with E-state index in [1.165, 1.54) is 25.3 Å². The van der Waals surface area contributed by atoms with Crippen molar-refractivity contribution in [3.8, 4) is 5.75 Å². The molecule has 2 amide bonds. The topological polar surface area (TPSA) is 115 Å². The molecule has 1 atom stereocenters. The fourth-order valence-corrected chi connectivity index (χ4v) is 3.57. The minimum Gasteiger partial charge on any atom is -0.494 e. The van der Waals surface area contributed by atoms with Gasteiger partial charge in [0.15, 0.2) is 11.6 Å². The maximum atomic E-state index is 13.6. The second kappa shape index (κ2) is 9.90. The number of carbonyl (C=O) groups excluding carboxylic acids is 2. The van der Waals surface area contributed by atoms with Crippen molar-refractivity contribution in [2.45, 2.75) is 26.0 Å². The highest BCUT2D eigenvalue weighted by Crippen LogP contribution is 2.20. The third kappa shape index (κ3) is 5.25. The first-order valence-corrected chi connectivity index (χ1v) is 10.5. The lowest BCUT2D eigenvalue weighted by atomic mass is 10.1. The summed E-state index contributed by atoms with van der Waals surface area (Å²) in [6.07, 6.45) is -0.470. The van der Waals surface area contributed by atoms with Crippen LogP contribution in [0.25, 0.3) is 0 Å². The Morgan fingerprint density at radius 3 is 2.79 bits per heavy atom. The predicted octanol–water partition coefficient (Wildman–Crippen LogP) is 1.21. The Labute approximate surface area is 189 Å². The van der Waals surface area contributed by atoms with E-state index in [1.54, 1.807) is 17.9 Å². The fraction of sp³-hybridized carbons (Fsp3) is 0.409. The van der Waals surface area contributed by atoms with Crippen molar-refractivity contribution < 1.29 is 28.3 Å². The first-order chi connectivity index (χ1) is 15.9. The van der Waals surface area contributed by atoms with Crippen LogP contribution in [0.4, 0.5) is 4.39 Å². The number of hydrogen-bond donors (Lipinski definition) is 1. The average molecular weight is 457 g/mol. The van der Waals surface area contributed by atoms with Crippen LogP contribution in [-0.4, -0.2) is 71.9 Å². The molecule has 0 spiro atoms. The monoisotopic (exact) mass is 457 g/mol. The van der Waals surface area contributed by atoms with Gasteiger partial charge >= 0.3 is 0 Å². The van der Waals surface area contributed by atoms with Crippen LogP contribution in [0.2, 0.25) is 0 Å². The molecule has 2 aliphatic rings. The van der Waals surface area contributed by atoms with Crippen molar-refractivity contribution >= 4 is 17.5 Å². The highest BCUT2D eigenvalue weighted by Gasteiger charge is 2.34. The van der Waals surface area contributed by atoms with Gasteiger partial charge in [0.05, 0.1) is 26.0 Å². The number of oxime groups is 1. The summed E-state index contributed by atoms with van der Waals surface area (Å²) in [5, 5.41) is 6.78. The van der Waals surface area contributed by atoms with Gasteiger partial charge in [0.25, 0.3) is 11.8 Å². The minimum atomic E-state index is -0.723. The maximum Gasteiger partial charge on any atom is 0.270 e. The number of aryl methyl sites for hydroxylation is 1. The molecule has 2 aliphatic heterocycles. The number of nitrogens with one attached hydrogen (secondary N) is 1. The zero-order valence-corrected chi connectivity index (χ0v) is 18.3. The van der Waals surface area contributed by atoms with Crippen LogP contribution in [0.1, 0.15) is 34.0 Å². The Hall–Kier alpha value is -3.60. The van der Waals surface area contributed by atoms with Gasteiger partial charge < -0.3 is 24.5 Å². The number of amides is 2. The van der Waals surface area contributed by atoms with Gasteiger partial charge in [-0.25, -0.2) is 14.4 Å². The van der Waals surface area contributed by atoms with Crippen LogP contribution in [0.5, 0.6) is 5.75 Å². The van der Waals surface area contributed by atoms with E-state index in [9.17, 15) is 14.0 Å². The van der Waals surface area contributed by atoms with Gasteiger partial charge in [0, 0.05) is 26.1 Å². The average Bonchev–Trinajstić information content (AvgIpc) is 3.33. The number of methoxy groups -OCH3 is 1. The Balaban J connectivity index is 1.41. The number of carbonyl (C=O) groups is 2. The second-order valence-corrected chi connectivity index (χ2v) is 7.61. The van der Waals surface area contributed by atoms with Crippen LogP contribution in [0.3, 0.4) is 0 Å². The number of morpholine rings is 1. The maximum absolute atomic E-state index is 13.6. The molecule has 10 nitrogen and oxygen atoms in total. The van der Waals surface area contributed by atoms with Gasteiger partial charge in [0.1, 0.15) is 17.2 Å². The van der Waals surface area contributed by atoms with Crippen LogP contribution in [0, 0.1) is 12.7 Å². The number of benzene rings is 1. The SMILES string of the molecule is COc1cc(CNC(=O)c2cc(C3=NOC(C(=O)N4CCOCC4)C3)nc(C)n2)ccc1F. The number of nitrogens with zero attached hydrogens (tertiary/aromatic N) is 4. The second-order valence-electron chi connectivity index (χ2n) is 7.61. The minimum absolute atomic E-state index is 0.0994. The Morgan fingerprint density at radius 2 is 2.03 bits per heavy atom. The molecule has 11 heteroatoms. The van der Waals surface area contributed by atoms with E-state index in [0.29, 0.717) is 49.1 Å². The molecule has 33 heavy (non-hydrogen) atoms. The van der Waals surface area contributed by atoms with E-state index in [0.717, 1.165) is 0 Å². The van der Waals surface area contributed by atoms with E-state index in [2.05, 4.69) is 20.4 Å². The number of hydrogen-bond acceptors (Lipinski definition) is 8. The van der Waals surface area contributed by atoms with Crippen LogP contribution >= 0.6 is 0 Å². The van der Waals surface area contributed by atoms with Crippen molar-refractivity contribution in [3.05, 3.63) is 52.9 Å². The van der Waals surface area contributed by atoms with E-state index in [4.69, 9.17) is 14.3 Å². The third-order valence-corrected chi connectivity index (χ3v) is 5.30. The molecule has 2 aromatic rings. The molecule has 0 saturated carbocycles. The van der Waals surface area contributed by atoms with Gasteiger partial charge in [-0.3, -0.25) is 9.59 Å². The normalized spacial score (nSPS) is 17.8. The van der Waals surface area contributed by atoms with Gasteiger partial charge in [0.2, 0.25) is 6.10 Å². The van der Waals surface area contributed by atoms with Crippen molar-refractivity contribution in [2.75, 3.05) is 33.4 Å². The highest BCUT2D eigenvalue weighted by molar-refractivity contribution is 6.04. The summed E-state index contributed by atoms with van der Waals surface area (Å²) >= 11 is 0. The van der Waals surface area contributed by atoms with Crippen molar-refractivity contribution in [1.29, 1.82) is 0 Å². The number of ether oxygens (including phenoxy) is 2. The lowest BCUT2D eigenvalue weighted by molar-refractivity contribution is -0.146. The standard InChI is InChI=1S/C22H24FN5O5/c1-13-25-16(17-11-20(33-27-17)22(30)28-5-7-32-8-6-28)10-18(26-13)21(29)24-12-14-3-4-15(23)19(9-14)31-2/h3-4,9-10,20H,5-8,11-12H2,1-2H3,(H,24,29). The molecular formula is C22H24FN5O5. The highest BCUT2D eigenvalue weighted by atomic mass is 19.1. The molecule has 1 saturated heterocycles. The van der Waals surface area contributed by atoms with Crippen LogP contribution in [-0.2, 0) is 20.9 Å². The smallest absolute Gasteiger partial charge is 0.270 e. The van der Waals surface area contributed by atoms with Gasteiger partial charge in [-0.05, 0) is 30.7 Å². The molecule has 1 aromatic carbocycles. The van der Waals surface area contributed by atoms with Gasteiger partial charge in [-0.1, -0.05) is 11.2 Å². The van der Waals surface area contributed by atoms with E-state index >= 15 is 0 Å². The summed E-state index contributed by atoms with van der Waals surface area (Å²) in [6.45, 7) is 3.86. The van der Waals surface area contributed by atoms with Crippen LogP contribution < -0.4 is 10.1 Å². The van der Waals surface area contributed by atoms with Gasteiger partial charge in [-0.15, -0.1) is 0 Å². The molecule has 3 heterocycles. The van der Waals surface area contributed by atoms with Crippen molar-refractivity contribution in [2.24, 2.45) is 5.16 Å². The van der Waals surface area contributed by atoms with E-state index in [-0.39, 0.29) is 30.3 Å². The Kier molecular flexibility index (Phi) is 6.78. The van der Waals surface area contributed by atoms with E-state index in [1.807, 2.05) is 0 Å². The van der Waals surface area contributed by atoms with Crippen molar-refractivity contribution in [3.63, 3.8) is 0 Å². The molecule has 4 rings (SSSR count). The number of halogens is 1. The molecule has 0 aliphatic carbocycles. The number of aromatic nitrogens is 2. The Morgan fingerprint density at radius 1 is 1.24 bits per heavy atom. The number of rotatable bonds is 6. The summed E-state index contributed by atoms with van der Waals surface area (Å²) in [5.41, 5.74) is 1.72. The first kappa shape index (κ1) is 22.6. The molecule has 1 N–H and O–H groups in total. The molecule has 1 aromatic heterocycles. The third-order valence-electron chi connectivity index (χ3n) is 5.30. The van der Waals surface area contributed by atoms with Crippen molar-refractivity contribution in [1.82, 2.24) is 20.2 Å². The summed E-state index contributed by atoms with van der Waals surface area (Å²) < 4.78 is 23.8. The molecule has 174 valence electrons. The summed E-state index contributed by atoms with van der Waals surface area (Å²) in [6, 6.07) is 5.87.